The maximum absolute atomic E-state index is 11.6. The van der Waals surface area contributed by atoms with Crippen molar-refractivity contribution in [3.8, 4) is 5.75 Å². The Hall–Kier alpha value is -2.30. The molecule has 2 N–H and O–H groups in total. The van der Waals surface area contributed by atoms with E-state index in [9.17, 15) is 9.59 Å². The lowest BCUT2D eigenvalue weighted by molar-refractivity contribution is -0.139. The van der Waals surface area contributed by atoms with Crippen LogP contribution < -0.4 is 15.4 Å². The number of nitrogens with one attached hydrogen (secondary N) is 2. The number of para-hydroxylation sites is 1. The smallest absolute Gasteiger partial charge is 0.309 e. The van der Waals surface area contributed by atoms with E-state index in [2.05, 4.69) is 17.2 Å². The average Bonchev–Trinajstić information content (AvgIpc) is 2.42. The minimum absolute atomic E-state index is 0.0442. The molecule has 0 aliphatic heterocycles. The minimum Gasteiger partial charge on any atom is -0.491 e. The van der Waals surface area contributed by atoms with Crippen molar-refractivity contribution in [2.45, 2.75) is 26.5 Å². The first-order valence-electron chi connectivity index (χ1n) is 6.46. The van der Waals surface area contributed by atoms with Crippen molar-refractivity contribution in [3.05, 3.63) is 42.5 Å². The third-order valence-corrected chi connectivity index (χ3v) is 2.39. The van der Waals surface area contributed by atoms with E-state index in [1.165, 1.54) is 6.08 Å². The van der Waals surface area contributed by atoms with Gasteiger partial charge in [0, 0.05) is 18.7 Å². The number of carbonyl (C=O) groups is 2. The van der Waals surface area contributed by atoms with Crippen LogP contribution in [0.5, 0.6) is 5.75 Å². The molecule has 5 heteroatoms. The highest BCUT2D eigenvalue weighted by Crippen LogP contribution is 2.18. The molecule has 0 atom stereocenters. The standard InChI is InChI=1S/C15H20N2O3/c1-4-9-16-14(18)15(19)17-10-12-7-5-6-8-13(12)20-11(2)3/h4-8,11H,1,9-10H2,2-3H3,(H,16,18)(H,17,19). The highest BCUT2D eigenvalue weighted by Gasteiger charge is 2.13. The van der Waals surface area contributed by atoms with Gasteiger partial charge in [-0.2, -0.15) is 0 Å². The molecule has 1 aromatic carbocycles. The third-order valence-electron chi connectivity index (χ3n) is 2.39. The summed E-state index contributed by atoms with van der Waals surface area (Å²) in [4.78, 5) is 22.9. The summed E-state index contributed by atoms with van der Waals surface area (Å²) in [6.45, 7) is 7.82. The summed E-state index contributed by atoms with van der Waals surface area (Å²) in [6, 6.07) is 7.39. The Balaban J connectivity index is 2.59. The molecule has 1 aromatic rings. The first-order valence-corrected chi connectivity index (χ1v) is 6.46. The number of hydrogen-bond acceptors (Lipinski definition) is 3. The van der Waals surface area contributed by atoms with Gasteiger partial charge in [0.15, 0.2) is 0 Å². The Labute approximate surface area is 119 Å². The van der Waals surface area contributed by atoms with E-state index in [4.69, 9.17) is 4.74 Å². The summed E-state index contributed by atoms with van der Waals surface area (Å²) in [5.74, 6) is -0.646. The van der Waals surface area contributed by atoms with Gasteiger partial charge in [0.1, 0.15) is 5.75 Å². The largest absolute Gasteiger partial charge is 0.491 e. The highest BCUT2D eigenvalue weighted by atomic mass is 16.5. The monoisotopic (exact) mass is 276 g/mol. The molecule has 0 aliphatic carbocycles. The van der Waals surface area contributed by atoms with Crippen LogP contribution in [-0.4, -0.2) is 24.5 Å². The van der Waals surface area contributed by atoms with E-state index in [0.29, 0.717) is 5.75 Å². The lowest BCUT2D eigenvalue weighted by Crippen LogP contribution is -2.39. The van der Waals surface area contributed by atoms with Crippen molar-refractivity contribution in [1.29, 1.82) is 0 Å². The molecular weight excluding hydrogens is 256 g/mol. The fraction of sp³-hybridized carbons (Fsp3) is 0.333. The van der Waals surface area contributed by atoms with Gasteiger partial charge in [0.2, 0.25) is 0 Å². The predicted octanol–water partition coefficient (Wildman–Crippen LogP) is 1.39. The van der Waals surface area contributed by atoms with Crippen LogP contribution in [0.15, 0.2) is 36.9 Å². The maximum atomic E-state index is 11.6. The van der Waals surface area contributed by atoms with Gasteiger partial charge in [-0.3, -0.25) is 9.59 Å². The van der Waals surface area contributed by atoms with E-state index in [0.717, 1.165) is 5.56 Å². The number of amides is 2. The molecule has 0 aliphatic rings. The van der Waals surface area contributed by atoms with E-state index in [-0.39, 0.29) is 19.2 Å². The van der Waals surface area contributed by atoms with Gasteiger partial charge in [0.05, 0.1) is 6.10 Å². The molecular formula is C15H20N2O3. The second kappa shape index (κ2) is 7.99. The van der Waals surface area contributed by atoms with Gasteiger partial charge in [-0.25, -0.2) is 0 Å². The molecule has 0 bridgehead atoms. The van der Waals surface area contributed by atoms with Crippen LogP contribution in [0.2, 0.25) is 0 Å². The second-order valence-electron chi connectivity index (χ2n) is 4.46. The fourth-order valence-corrected chi connectivity index (χ4v) is 1.52. The summed E-state index contributed by atoms with van der Waals surface area (Å²) in [5.41, 5.74) is 0.825. The summed E-state index contributed by atoms with van der Waals surface area (Å²) >= 11 is 0. The summed E-state index contributed by atoms with van der Waals surface area (Å²) in [7, 11) is 0. The topological polar surface area (TPSA) is 67.4 Å². The molecule has 0 fully saturated rings. The van der Waals surface area contributed by atoms with Crippen LogP contribution in [0.1, 0.15) is 19.4 Å². The van der Waals surface area contributed by atoms with Crippen molar-refractivity contribution in [2.75, 3.05) is 6.54 Å². The minimum atomic E-state index is -0.675. The summed E-state index contributed by atoms with van der Waals surface area (Å²) < 4.78 is 5.64. The van der Waals surface area contributed by atoms with E-state index >= 15 is 0 Å². The van der Waals surface area contributed by atoms with Gasteiger partial charge in [0.25, 0.3) is 0 Å². The van der Waals surface area contributed by atoms with E-state index < -0.39 is 11.8 Å². The molecule has 0 aromatic heterocycles. The molecule has 0 unspecified atom stereocenters. The van der Waals surface area contributed by atoms with Gasteiger partial charge in [-0.1, -0.05) is 24.3 Å². The van der Waals surface area contributed by atoms with Gasteiger partial charge in [-0.05, 0) is 19.9 Å². The Morgan fingerprint density at radius 3 is 2.55 bits per heavy atom. The van der Waals surface area contributed by atoms with Crippen molar-refractivity contribution in [2.24, 2.45) is 0 Å². The van der Waals surface area contributed by atoms with Crippen molar-refractivity contribution in [1.82, 2.24) is 10.6 Å². The zero-order chi connectivity index (χ0) is 15.0. The first-order chi connectivity index (χ1) is 9.54. The Bertz CT molecular complexity index is 484. The van der Waals surface area contributed by atoms with Crippen molar-refractivity contribution in [3.63, 3.8) is 0 Å². The van der Waals surface area contributed by atoms with Crippen molar-refractivity contribution < 1.29 is 14.3 Å². The van der Waals surface area contributed by atoms with Gasteiger partial charge >= 0.3 is 11.8 Å². The first kappa shape index (κ1) is 15.8. The zero-order valence-corrected chi connectivity index (χ0v) is 11.8. The third kappa shape index (κ3) is 5.14. The Morgan fingerprint density at radius 1 is 1.25 bits per heavy atom. The van der Waals surface area contributed by atoms with E-state index in [1.807, 2.05) is 38.1 Å². The van der Waals surface area contributed by atoms with Crippen LogP contribution in [-0.2, 0) is 16.1 Å². The van der Waals surface area contributed by atoms with Crippen LogP contribution >= 0.6 is 0 Å². The normalized spacial score (nSPS) is 9.95. The molecule has 5 nitrogen and oxygen atoms in total. The van der Waals surface area contributed by atoms with Crippen LogP contribution in [0.3, 0.4) is 0 Å². The lowest BCUT2D eigenvalue weighted by Gasteiger charge is -2.14. The number of benzene rings is 1. The summed E-state index contributed by atoms with van der Waals surface area (Å²) in [6.07, 6.45) is 1.56. The molecule has 108 valence electrons. The molecule has 0 heterocycles. The number of hydrogen-bond donors (Lipinski definition) is 2. The predicted molar refractivity (Wildman–Crippen MR) is 77.3 cm³/mol. The molecule has 0 radical (unpaired) electrons. The van der Waals surface area contributed by atoms with Crippen molar-refractivity contribution >= 4 is 11.8 Å². The van der Waals surface area contributed by atoms with Gasteiger partial charge in [-0.15, -0.1) is 6.58 Å². The maximum Gasteiger partial charge on any atom is 0.309 e. The number of ether oxygens (including phenoxy) is 1. The Morgan fingerprint density at radius 2 is 1.90 bits per heavy atom. The molecule has 2 amide bonds. The second-order valence-corrected chi connectivity index (χ2v) is 4.46. The van der Waals surface area contributed by atoms with Crippen LogP contribution in [0, 0.1) is 0 Å². The number of rotatable bonds is 6. The van der Waals surface area contributed by atoms with Crippen LogP contribution in [0.4, 0.5) is 0 Å². The quantitative estimate of drug-likeness (QED) is 0.609. The zero-order valence-electron chi connectivity index (χ0n) is 11.8. The SMILES string of the molecule is C=CCNC(=O)C(=O)NCc1ccccc1OC(C)C. The molecule has 0 saturated heterocycles. The van der Waals surface area contributed by atoms with Gasteiger partial charge < -0.3 is 15.4 Å². The number of carbonyl (C=O) groups excluding carboxylic acids is 2. The average molecular weight is 276 g/mol. The van der Waals surface area contributed by atoms with Crippen LogP contribution in [0.25, 0.3) is 0 Å². The molecule has 1 rings (SSSR count). The summed E-state index contributed by atoms with van der Waals surface area (Å²) in [5, 5.41) is 4.97. The fourth-order valence-electron chi connectivity index (χ4n) is 1.52. The molecule has 0 spiro atoms. The molecule has 0 saturated carbocycles. The van der Waals surface area contributed by atoms with E-state index in [1.54, 1.807) is 0 Å². The molecule has 20 heavy (non-hydrogen) atoms. The Kier molecular flexibility index (Phi) is 6.29. The lowest BCUT2D eigenvalue weighted by atomic mass is 10.2. The highest BCUT2D eigenvalue weighted by molar-refractivity contribution is 6.35.